The van der Waals surface area contributed by atoms with Crippen molar-refractivity contribution in [3.05, 3.63) is 61.5 Å². The highest BCUT2D eigenvalue weighted by Gasteiger charge is 2.51. The molecule has 0 saturated carbocycles. The second-order valence-corrected chi connectivity index (χ2v) is 10.3. The summed E-state index contributed by atoms with van der Waals surface area (Å²) in [7, 11) is 2.24. The van der Waals surface area contributed by atoms with E-state index in [1.165, 1.54) is 14.2 Å². The molecule has 2 aromatic carbocycles. The molecule has 1 heterocycles. The van der Waals surface area contributed by atoms with Crippen LogP contribution in [-0.4, -0.2) is 44.5 Å². The van der Waals surface area contributed by atoms with Crippen molar-refractivity contribution >= 4 is 56.4 Å². The minimum absolute atomic E-state index is 0. The molecule has 0 bridgehead atoms. The van der Waals surface area contributed by atoms with Gasteiger partial charge in [-0.1, -0.05) is 39.5 Å². The standard InChI is InChI=1S/C15H20BBrO4.C9H9BrO2.C2H6.CH4/c1-9-7-10(8-11(12(9)17)13(18)19-6)16-20-14(2,3)15(4,5)21-16;1-6-4-3-5-7(8(6)10)9(11)12-2;1-2;/h7-8H,1-6H3;3-5H,1-2H3;1-2H3;1H4. The number of halogens is 2. The summed E-state index contributed by atoms with van der Waals surface area (Å²) in [6.07, 6.45) is 0. The number of aryl methyl sites for hydroxylation is 2. The molecule has 6 nitrogen and oxygen atoms in total. The second kappa shape index (κ2) is 14.3. The van der Waals surface area contributed by atoms with Crippen molar-refractivity contribution in [2.75, 3.05) is 14.2 Å². The Bertz CT molecular complexity index is 1040. The summed E-state index contributed by atoms with van der Waals surface area (Å²) in [5.74, 6) is -0.700. The van der Waals surface area contributed by atoms with E-state index in [-0.39, 0.29) is 19.4 Å². The SMILES string of the molecule is C.CC.COC(=O)c1cc(B2OC(C)(C)C(C)(C)O2)cc(C)c1Br.COC(=O)c1cccc(C)c1Br. The van der Waals surface area contributed by atoms with E-state index in [1.54, 1.807) is 12.1 Å². The van der Waals surface area contributed by atoms with Crippen LogP contribution in [0.5, 0.6) is 0 Å². The second-order valence-electron chi connectivity index (χ2n) is 8.71. The Hall–Kier alpha value is -1.68. The summed E-state index contributed by atoms with van der Waals surface area (Å²) in [5.41, 5.74) is 2.99. The molecule has 200 valence electrons. The lowest BCUT2D eigenvalue weighted by molar-refractivity contribution is 0.00578. The first-order valence-corrected chi connectivity index (χ1v) is 12.9. The number of methoxy groups -OCH3 is 2. The van der Waals surface area contributed by atoms with Crippen molar-refractivity contribution in [1.82, 2.24) is 0 Å². The summed E-state index contributed by atoms with van der Waals surface area (Å²) < 4.78 is 23.0. The van der Waals surface area contributed by atoms with Gasteiger partial charge < -0.3 is 18.8 Å². The molecule has 0 N–H and O–H groups in total. The van der Waals surface area contributed by atoms with Crippen molar-refractivity contribution in [3.8, 4) is 0 Å². The van der Waals surface area contributed by atoms with Crippen LogP contribution in [-0.2, 0) is 18.8 Å². The van der Waals surface area contributed by atoms with E-state index in [9.17, 15) is 9.59 Å². The van der Waals surface area contributed by atoms with Crippen LogP contribution >= 0.6 is 31.9 Å². The predicted molar refractivity (Wildman–Crippen MR) is 154 cm³/mol. The summed E-state index contributed by atoms with van der Waals surface area (Å²) in [6.45, 7) is 15.8. The van der Waals surface area contributed by atoms with Gasteiger partial charge in [-0.05, 0) is 102 Å². The predicted octanol–water partition coefficient (Wildman–Crippen LogP) is 7.05. The average molecular weight is 630 g/mol. The van der Waals surface area contributed by atoms with Gasteiger partial charge in [0.2, 0.25) is 0 Å². The van der Waals surface area contributed by atoms with E-state index in [0.29, 0.717) is 11.1 Å². The Kier molecular flexibility index (Phi) is 13.6. The van der Waals surface area contributed by atoms with Crippen molar-refractivity contribution in [2.24, 2.45) is 0 Å². The largest absolute Gasteiger partial charge is 0.494 e. The molecule has 0 unspecified atom stereocenters. The van der Waals surface area contributed by atoms with E-state index < -0.39 is 18.3 Å². The smallest absolute Gasteiger partial charge is 0.465 e. The molecule has 0 amide bonds. The number of rotatable bonds is 3. The van der Waals surface area contributed by atoms with Crippen molar-refractivity contribution in [2.45, 2.75) is 74.0 Å². The number of carbonyl (C=O) groups excluding carboxylic acids is 2. The molecule has 9 heteroatoms. The fourth-order valence-electron chi connectivity index (χ4n) is 3.09. The minimum atomic E-state index is -0.495. The van der Waals surface area contributed by atoms with Crippen molar-refractivity contribution in [3.63, 3.8) is 0 Å². The maximum atomic E-state index is 11.9. The highest BCUT2D eigenvalue weighted by atomic mass is 79.9. The Morgan fingerprint density at radius 2 is 1.25 bits per heavy atom. The van der Waals surface area contributed by atoms with Gasteiger partial charge in [0.15, 0.2) is 0 Å². The molecule has 3 rings (SSSR count). The quantitative estimate of drug-likeness (QED) is 0.268. The van der Waals surface area contributed by atoms with Crippen LogP contribution < -0.4 is 5.46 Å². The van der Waals surface area contributed by atoms with E-state index in [1.807, 2.05) is 73.6 Å². The molecule has 1 aliphatic rings. The third-order valence-electron chi connectivity index (χ3n) is 5.80. The molecule has 0 spiro atoms. The molecule has 0 aliphatic carbocycles. The zero-order valence-corrected chi connectivity index (χ0v) is 25.3. The van der Waals surface area contributed by atoms with E-state index in [2.05, 4.69) is 36.6 Å². The third-order valence-corrected chi connectivity index (χ3v) is 7.91. The van der Waals surface area contributed by atoms with Crippen LogP contribution in [0.25, 0.3) is 0 Å². The first kappa shape index (κ1) is 34.3. The van der Waals surface area contributed by atoms with Gasteiger partial charge >= 0.3 is 19.1 Å². The maximum Gasteiger partial charge on any atom is 0.494 e. The first-order valence-electron chi connectivity index (χ1n) is 11.3. The Balaban J connectivity index is 0.000000699. The monoisotopic (exact) mass is 628 g/mol. The molecular weight excluding hydrogens is 591 g/mol. The molecule has 1 saturated heterocycles. The Morgan fingerprint density at radius 1 is 0.806 bits per heavy atom. The molecule has 0 aromatic heterocycles. The van der Waals surface area contributed by atoms with Crippen LogP contribution in [0.3, 0.4) is 0 Å². The molecule has 2 aromatic rings. The number of carbonyl (C=O) groups is 2. The van der Waals surface area contributed by atoms with Crippen molar-refractivity contribution in [1.29, 1.82) is 0 Å². The first-order chi connectivity index (χ1) is 16.3. The Labute approximate surface area is 233 Å². The molecule has 36 heavy (non-hydrogen) atoms. The molecule has 1 fully saturated rings. The van der Waals surface area contributed by atoms with Gasteiger partial charge in [0.25, 0.3) is 0 Å². The van der Waals surface area contributed by atoms with Crippen LogP contribution in [0, 0.1) is 13.8 Å². The highest BCUT2D eigenvalue weighted by molar-refractivity contribution is 9.11. The highest BCUT2D eigenvalue weighted by Crippen LogP contribution is 2.37. The zero-order chi connectivity index (χ0) is 27.1. The normalized spacial score (nSPS) is 14.8. The zero-order valence-electron chi connectivity index (χ0n) is 22.2. The van der Waals surface area contributed by atoms with E-state index >= 15 is 0 Å². The fraction of sp³-hybridized carbons (Fsp3) is 0.481. The number of hydrogen-bond donors (Lipinski definition) is 0. The minimum Gasteiger partial charge on any atom is -0.465 e. The maximum absolute atomic E-state index is 11.9. The summed E-state index contributed by atoms with van der Waals surface area (Å²) in [6, 6.07) is 9.19. The van der Waals surface area contributed by atoms with Crippen molar-refractivity contribution < 1.29 is 28.4 Å². The van der Waals surface area contributed by atoms with Gasteiger partial charge in [-0.25, -0.2) is 9.59 Å². The van der Waals surface area contributed by atoms with Crippen LogP contribution in [0.1, 0.15) is 80.8 Å². The molecular formula is C27H39BBr2O6. The Morgan fingerprint density at radius 3 is 1.72 bits per heavy atom. The number of benzene rings is 2. The molecule has 0 atom stereocenters. The topological polar surface area (TPSA) is 71.1 Å². The van der Waals surface area contributed by atoms with Gasteiger partial charge in [0.1, 0.15) is 0 Å². The van der Waals surface area contributed by atoms with Gasteiger partial charge in [-0.3, -0.25) is 0 Å². The van der Waals surface area contributed by atoms with E-state index in [0.717, 1.165) is 25.5 Å². The summed E-state index contributed by atoms with van der Waals surface area (Å²) >= 11 is 6.75. The van der Waals surface area contributed by atoms with Crippen LogP contribution in [0.2, 0.25) is 0 Å². The van der Waals surface area contributed by atoms with Gasteiger partial charge in [0.05, 0.1) is 36.5 Å². The number of esters is 2. The third kappa shape index (κ3) is 7.91. The summed E-state index contributed by atoms with van der Waals surface area (Å²) in [4.78, 5) is 23.0. The molecule has 1 aliphatic heterocycles. The lowest BCUT2D eigenvalue weighted by atomic mass is 9.77. The number of ether oxygens (including phenoxy) is 2. The van der Waals surface area contributed by atoms with Gasteiger partial charge in [-0.15, -0.1) is 0 Å². The fourth-order valence-corrected chi connectivity index (χ4v) is 3.90. The van der Waals surface area contributed by atoms with Gasteiger partial charge in [-0.2, -0.15) is 0 Å². The lowest BCUT2D eigenvalue weighted by Gasteiger charge is -2.32. The lowest BCUT2D eigenvalue weighted by Crippen LogP contribution is -2.41. The van der Waals surface area contributed by atoms with Gasteiger partial charge in [0, 0.05) is 8.95 Å². The average Bonchev–Trinajstić information content (AvgIpc) is 3.04. The number of hydrogen-bond acceptors (Lipinski definition) is 6. The molecule has 0 radical (unpaired) electrons. The van der Waals surface area contributed by atoms with Crippen LogP contribution in [0.15, 0.2) is 39.3 Å². The summed E-state index contributed by atoms with van der Waals surface area (Å²) in [5, 5.41) is 0. The van der Waals surface area contributed by atoms with E-state index in [4.69, 9.17) is 14.0 Å². The van der Waals surface area contributed by atoms with Crippen LogP contribution in [0.4, 0.5) is 0 Å².